The van der Waals surface area contributed by atoms with Gasteiger partial charge in [-0.15, -0.1) is 24.0 Å². The van der Waals surface area contributed by atoms with E-state index in [0.717, 1.165) is 34.9 Å². The Kier molecular flexibility index (Phi) is 6.60. The number of ether oxygens (including phenoxy) is 1. The minimum absolute atomic E-state index is 0. The van der Waals surface area contributed by atoms with Gasteiger partial charge in [-0.1, -0.05) is 6.07 Å². The number of benzene rings is 2. The topological polar surface area (TPSA) is 51.2 Å². The largest absolute Gasteiger partial charge is 0.493 e. The van der Waals surface area contributed by atoms with Gasteiger partial charge in [0.25, 0.3) is 5.91 Å². The smallest absolute Gasteiger partial charge is 0.258 e. The first-order valence-electron chi connectivity index (χ1n) is 9.23. The highest BCUT2D eigenvalue weighted by Crippen LogP contribution is 2.30. The molecule has 0 aliphatic heterocycles. The normalized spacial score (nSPS) is 13.1. The number of carbonyl (C=O) groups excluding carboxylic acids is 1. The van der Waals surface area contributed by atoms with Gasteiger partial charge in [0.2, 0.25) is 0 Å². The molecule has 0 radical (unpaired) electrons. The van der Waals surface area contributed by atoms with Crippen molar-refractivity contribution in [2.45, 2.75) is 25.6 Å². The van der Waals surface area contributed by atoms with Crippen LogP contribution in [0.2, 0.25) is 0 Å². The quantitative estimate of drug-likeness (QED) is 0.492. The summed E-state index contributed by atoms with van der Waals surface area (Å²) < 4.78 is 20.0. The van der Waals surface area contributed by atoms with Crippen LogP contribution in [0.25, 0.3) is 10.9 Å². The maximum absolute atomic E-state index is 14.4. The van der Waals surface area contributed by atoms with Gasteiger partial charge in [0.05, 0.1) is 17.7 Å². The van der Waals surface area contributed by atoms with Crippen LogP contribution >= 0.6 is 24.0 Å². The molecule has 1 N–H and O–H groups in total. The second-order valence-electron chi connectivity index (χ2n) is 7.14. The van der Waals surface area contributed by atoms with Crippen LogP contribution < -0.4 is 10.1 Å². The Morgan fingerprint density at radius 1 is 1.28 bits per heavy atom. The first kappa shape index (κ1) is 21.3. The first-order valence-corrected chi connectivity index (χ1v) is 9.76. The summed E-state index contributed by atoms with van der Waals surface area (Å²) in [4.78, 5) is 17.0. The molecule has 0 atom stereocenters. The number of nitrogens with zero attached hydrogens (tertiary/aromatic N) is 1. The molecule has 1 fully saturated rings. The van der Waals surface area contributed by atoms with Crippen LogP contribution in [0.1, 0.15) is 34.3 Å². The van der Waals surface area contributed by atoms with Crippen molar-refractivity contribution >= 4 is 46.5 Å². The zero-order chi connectivity index (χ0) is 19.7. The monoisotopic (exact) mass is 434 g/mol. The van der Waals surface area contributed by atoms with Gasteiger partial charge >= 0.3 is 0 Å². The van der Waals surface area contributed by atoms with E-state index in [2.05, 4.69) is 10.3 Å². The molecule has 1 amide bonds. The summed E-state index contributed by atoms with van der Waals surface area (Å²) in [5, 5.41) is 3.72. The molecule has 0 unspecified atom stereocenters. The van der Waals surface area contributed by atoms with E-state index in [9.17, 15) is 9.18 Å². The fraction of sp³-hybridized carbons (Fsp3) is 0.273. The van der Waals surface area contributed by atoms with E-state index in [-0.39, 0.29) is 18.0 Å². The lowest BCUT2D eigenvalue weighted by atomic mass is 10.1. The lowest BCUT2D eigenvalue weighted by Gasteiger charge is -2.12. The average molecular weight is 435 g/mol. The fourth-order valence-electron chi connectivity index (χ4n) is 3.06. The minimum Gasteiger partial charge on any atom is -0.493 e. The summed E-state index contributed by atoms with van der Waals surface area (Å²) in [7, 11) is 0. The number of pyridine rings is 1. The highest BCUT2D eigenvalue weighted by atomic mass is 35.5. The zero-order valence-electron chi connectivity index (χ0n) is 15.9. The maximum atomic E-state index is 14.4. The second kappa shape index (κ2) is 8.97. The molecule has 0 spiro atoms. The van der Waals surface area contributed by atoms with E-state index >= 15 is 0 Å². The van der Waals surface area contributed by atoms with Crippen molar-refractivity contribution in [2.75, 3.05) is 11.9 Å². The van der Waals surface area contributed by atoms with Crippen LogP contribution in [0.5, 0.6) is 5.75 Å². The number of anilines is 1. The summed E-state index contributed by atoms with van der Waals surface area (Å²) in [5.41, 5.74) is 3.09. The van der Waals surface area contributed by atoms with Gasteiger partial charge in [-0.2, -0.15) is 0 Å². The van der Waals surface area contributed by atoms with Crippen molar-refractivity contribution in [3.05, 3.63) is 65.1 Å². The molecule has 4 nitrogen and oxygen atoms in total. The summed E-state index contributed by atoms with van der Waals surface area (Å²) in [6.07, 6.45) is 4.04. The van der Waals surface area contributed by atoms with E-state index in [0.29, 0.717) is 29.8 Å². The van der Waals surface area contributed by atoms with E-state index in [1.54, 1.807) is 18.3 Å². The molecule has 2 aromatic carbocycles. The van der Waals surface area contributed by atoms with Crippen molar-refractivity contribution in [2.24, 2.45) is 5.92 Å². The number of halogens is 3. The Hall–Kier alpha value is -2.37. The third-order valence-corrected chi connectivity index (χ3v) is 5.24. The number of aromatic nitrogens is 1. The van der Waals surface area contributed by atoms with Gasteiger partial charge in [0, 0.05) is 29.2 Å². The number of carbonyl (C=O) groups is 1. The number of nitrogens with one attached hydrogen (secondary N) is 1. The standard InChI is InChI=1S/C22H20ClFN2O2.ClH/c1-13-20(7-4-16-8-15(10-23)11-25-21(13)16)26-22(27)18-6-5-17(9-19(18)24)28-12-14-2-3-14;/h4-9,11,14H,2-3,10,12H2,1H3,(H,26,27);1H. The number of rotatable bonds is 6. The molecule has 7 heteroatoms. The summed E-state index contributed by atoms with van der Waals surface area (Å²) in [6.45, 7) is 2.47. The van der Waals surface area contributed by atoms with Gasteiger partial charge in [0.15, 0.2) is 0 Å². The van der Waals surface area contributed by atoms with E-state index in [4.69, 9.17) is 16.3 Å². The van der Waals surface area contributed by atoms with Crippen LogP contribution in [0.4, 0.5) is 10.1 Å². The van der Waals surface area contributed by atoms with Gasteiger partial charge < -0.3 is 10.1 Å². The third-order valence-electron chi connectivity index (χ3n) is 4.93. The number of amides is 1. The van der Waals surface area contributed by atoms with E-state index < -0.39 is 11.7 Å². The minimum atomic E-state index is -0.603. The van der Waals surface area contributed by atoms with Crippen LogP contribution in [0.3, 0.4) is 0 Å². The van der Waals surface area contributed by atoms with Gasteiger partial charge in [0.1, 0.15) is 11.6 Å². The predicted molar refractivity (Wildman–Crippen MR) is 116 cm³/mol. The van der Waals surface area contributed by atoms with Gasteiger partial charge in [-0.3, -0.25) is 9.78 Å². The van der Waals surface area contributed by atoms with Crippen LogP contribution in [-0.4, -0.2) is 17.5 Å². The molecule has 4 rings (SSSR count). The number of hydrogen-bond acceptors (Lipinski definition) is 3. The molecule has 0 bridgehead atoms. The van der Waals surface area contributed by atoms with Crippen molar-refractivity contribution in [3.8, 4) is 5.75 Å². The molecule has 0 saturated heterocycles. The Morgan fingerprint density at radius 2 is 2.07 bits per heavy atom. The molecule has 29 heavy (non-hydrogen) atoms. The lowest BCUT2D eigenvalue weighted by Crippen LogP contribution is -2.15. The molecular weight excluding hydrogens is 414 g/mol. The Balaban J connectivity index is 0.00000240. The maximum Gasteiger partial charge on any atom is 0.258 e. The van der Waals surface area contributed by atoms with Crippen LogP contribution in [-0.2, 0) is 5.88 Å². The molecule has 3 aromatic rings. The Morgan fingerprint density at radius 3 is 2.76 bits per heavy atom. The molecule has 1 aliphatic carbocycles. The SMILES string of the molecule is Cc1c(NC(=O)c2ccc(OCC3CC3)cc2F)ccc2cc(CCl)cnc12.Cl. The second-order valence-corrected chi connectivity index (χ2v) is 7.40. The number of aryl methyl sites for hydroxylation is 1. The Bertz CT molecular complexity index is 1050. The third kappa shape index (κ3) is 4.80. The van der Waals surface area contributed by atoms with Crippen molar-refractivity contribution in [3.63, 3.8) is 0 Å². The number of alkyl halides is 1. The molecule has 152 valence electrons. The lowest BCUT2D eigenvalue weighted by molar-refractivity contribution is 0.102. The van der Waals surface area contributed by atoms with Crippen molar-refractivity contribution in [1.82, 2.24) is 4.98 Å². The average Bonchev–Trinajstić information content (AvgIpc) is 3.52. The number of fused-ring (bicyclic) bond motifs is 1. The van der Waals surface area contributed by atoms with Crippen LogP contribution in [0, 0.1) is 18.7 Å². The van der Waals surface area contributed by atoms with Crippen molar-refractivity contribution < 1.29 is 13.9 Å². The fourth-order valence-corrected chi connectivity index (χ4v) is 3.21. The van der Waals surface area contributed by atoms with Crippen molar-refractivity contribution in [1.29, 1.82) is 0 Å². The molecule has 1 aliphatic rings. The highest BCUT2D eigenvalue weighted by Gasteiger charge is 2.22. The van der Waals surface area contributed by atoms with Crippen LogP contribution in [0.15, 0.2) is 42.6 Å². The molecular formula is C22H21Cl2FN2O2. The van der Waals surface area contributed by atoms with E-state index in [1.807, 2.05) is 19.1 Å². The van der Waals surface area contributed by atoms with Gasteiger partial charge in [-0.25, -0.2) is 4.39 Å². The first-order chi connectivity index (χ1) is 13.5. The van der Waals surface area contributed by atoms with E-state index in [1.165, 1.54) is 12.1 Å². The summed E-state index contributed by atoms with van der Waals surface area (Å²) >= 11 is 5.86. The zero-order valence-corrected chi connectivity index (χ0v) is 17.4. The van der Waals surface area contributed by atoms with Gasteiger partial charge in [-0.05, 0) is 61.1 Å². The molecule has 1 aromatic heterocycles. The highest BCUT2D eigenvalue weighted by molar-refractivity contribution is 6.17. The summed E-state index contributed by atoms with van der Waals surface area (Å²) in [6, 6.07) is 9.97. The number of hydrogen-bond donors (Lipinski definition) is 1. The summed E-state index contributed by atoms with van der Waals surface area (Å²) in [5.74, 6) is 0.304. The Labute approximate surface area is 179 Å². The predicted octanol–water partition coefficient (Wildman–Crippen LogP) is 5.88. The molecule has 1 saturated carbocycles. The molecule has 1 heterocycles.